The van der Waals surface area contributed by atoms with Gasteiger partial charge < -0.3 is 14.9 Å². The molecule has 0 unspecified atom stereocenters. The summed E-state index contributed by atoms with van der Waals surface area (Å²) in [7, 11) is 1.61. The first-order valence-electron chi connectivity index (χ1n) is 3.63. The van der Waals surface area contributed by atoms with Gasteiger partial charge in [0.15, 0.2) is 0 Å². The van der Waals surface area contributed by atoms with Crippen molar-refractivity contribution in [3.63, 3.8) is 0 Å². The highest BCUT2D eigenvalue weighted by Gasteiger charge is 2.06. The van der Waals surface area contributed by atoms with Gasteiger partial charge in [0.25, 0.3) is 0 Å². The molecule has 1 aromatic rings. The highest BCUT2D eigenvalue weighted by molar-refractivity contribution is 7.12. The number of hydrogen-bond acceptors (Lipinski definition) is 4. The quantitative estimate of drug-likeness (QED) is 0.737. The zero-order valence-electron chi connectivity index (χ0n) is 6.91. The molecule has 1 rings (SSSR count). The number of hydrogen-bond donors (Lipinski definition) is 2. The molecule has 3 nitrogen and oxygen atoms in total. The molecule has 0 fully saturated rings. The van der Waals surface area contributed by atoms with Crippen LogP contribution in [0.2, 0.25) is 0 Å². The lowest BCUT2D eigenvalue weighted by molar-refractivity contribution is 0.182. The lowest BCUT2D eigenvalue weighted by Gasteiger charge is -1.97. The molecule has 0 aliphatic rings. The first kappa shape index (κ1) is 9.67. The Morgan fingerprint density at radius 3 is 2.67 bits per heavy atom. The Hall–Kier alpha value is -0.420. The summed E-state index contributed by atoms with van der Waals surface area (Å²) in [6.07, 6.45) is 0. The van der Waals surface area contributed by atoms with E-state index in [0.29, 0.717) is 6.61 Å². The molecule has 1 heterocycles. The van der Waals surface area contributed by atoms with Gasteiger partial charge in [-0.25, -0.2) is 0 Å². The predicted octanol–water partition coefficient (Wildman–Crippen LogP) is 0.879. The molecule has 0 aliphatic carbocycles. The highest BCUT2D eigenvalue weighted by atomic mass is 32.1. The van der Waals surface area contributed by atoms with Gasteiger partial charge in [-0.05, 0) is 11.6 Å². The van der Waals surface area contributed by atoms with Crippen LogP contribution in [0.5, 0.6) is 0 Å². The van der Waals surface area contributed by atoms with Gasteiger partial charge in [-0.15, -0.1) is 11.3 Å². The average Bonchev–Trinajstić information content (AvgIpc) is 2.48. The fourth-order valence-electron chi connectivity index (χ4n) is 1.02. The Kier molecular flexibility index (Phi) is 3.68. The smallest absolute Gasteiger partial charge is 0.0778 e. The van der Waals surface area contributed by atoms with Crippen molar-refractivity contribution in [2.75, 3.05) is 7.11 Å². The van der Waals surface area contributed by atoms with Crippen molar-refractivity contribution in [2.24, 2.45) is 0 Å². The summed E-state index contributed by atoms with van der Waals surface area (Å²) in [4.78, 5) is 1.74. The molecule has 0 aromatic carbocycles. The van der Waals surface area contributed by atoms with Crippen molar-refractivity contribution in [3.05, 3.63) is 21.4 Å². The number of methoxy groups -OCH3 is 1. The molecule has 0 spiro atoms. The van der Waals surface area contributed by atoms with Crippen LogP contribution < -0.4 is 0 Å². The fourth-order valence-corrected chi connectivity index (χ4v) is 1.91. The molecular formula is C8H12O3S. The van der Waals surface area contributed by atoms with Crippen molar-refractivity contribution >= 4 is 11.3 Å². The molecule has 2 N–H and O–H groups in total. The first-order chi connectivity index (χ1) is 5.81. The van der Waals surface area contributed by atoms with Crippen LogP contribution in [0.15, 0.2) is 6.07 Å². The molecule has 0 saturated carbocycles. The maximum Gasteiger partial charge on any atom is 0.0778 e. The van der Waals surface area contributed by atoms with E-state index in [0.717, 1.165) is 15.3 Å². The normalized spacial score (nSPS) is 10.6. The second kappa shape index (κ2) is 4.57. The number of aliphatic hydroxyl groups is 2. The van der Waals surface area contributed by atoms with E-state index in [4.69, 9.17) is 14.9 Å². The van der Waals surface area contributed by atoms with Crippen LogP contribution in [0, 0.1) is 0 Å². The third-order valence-electron chi connectivity index (χ3n) is 1.55. The van der Waals surface area contributed by atoms with E-state index in [1.54, 1.807) is 7.11 Å². The molecule has 68 valence electrons. The second-order valence-electron chi connectivity index (χ2n) is 2.41. The molecule has 1 aromatic heterocycles. The van der Waals surface area contributed by atoms with E-state index in [9.17, 15) is 0 Å². The van der Waals surface area contributed by atoms with Gasteiger partial charge in [-0.2, -0.15) is 0 Å². The van der Waals surface area contributed by atoms with Gasteiger partial charge in [0, 0.05) is 16.9 Å². The summed E-state index contributed by atoms with van der Waals surface area (Å²) < 4.78 is 4.94. The van der Waals surface area contributed by atoms with E-state index in [1.807, 2.05) is 6.07 Å². The fraction of sp³-hybridized carbons (Fsp3) is 0.500. The standard InChI is InChI=1S/C8H12O3S/c1-11-5-6-2-7(3-9)12-8(6)4-10/h2,9-10H,3-5H2,1H3. The van der Waals surface area contributed by atoms with E-state index in [-0.39, 0.29) is 13.2 Å². The first-order valence-corrected chi connectivity index (χ1v) is 4.44. The van der Waals surface area contributed by atoms with Crippen LogP contribution >= 0.6 is 11.3 Å². The maximum absolute atomic E-state index is 8.93. The molecule has 12 heavy (non-hydrogen) atoms. The zero-order valence-corrected chi connectivity index (χ0v) is 7.73. The van der Waals surface area contributed by atoms with Crippen LogP contribution in [0.25, 0.3) is 0 Å². The summed E-state index contributed by atoms with van der Waals surface area (Å²) in [6.45, 7) is 0.539. The Labute approximate surface area is 75.2 Å². The van der Waals surface area contributed by atoms with Crippen molar-refractivity contribution in [2.45, 2.75) is 19.8 Å². The topological polar surface area (TPSA) is 49.7 Å². The Bertz CT molecular complexity index is 244. The maximum atomic E-state index is 8.93. The molecule has 0 bridgehead atoms. The summed E-state index contributed by atoms with van der Waals surface area (Å²) in [5, 5.41) is 17.8. The molecule has 4 heteroatoms. The van der Waals surface area contributed by atoms with Crippen molar-refractivity contribution in [1.82, 2.24) is 0 Å². The van der Waals surface area contributed by atoms with Crippen molar-refractivity contribution in [3.8, 4) is 0 Å². The Morgan fingerprint density at radius 1 is 1.42 bits per heavy atom. The predicted molar refractivity (Wildman–Crippen MR) is 46.9 cm³/mol. The van der Waals surface area contributed by atoms with Crippen LogP contribution in [0.4, 0.5) is 0 Å². The SMILES string of the molecule is COCc1cc(CO)sc1CO. The van der Waals surface area contributed by atoms with E-state index in [1.165, 1.54) is 11.3 Å². The summed E-state index contributed by atoms with van der Waals surface area (Å²) in [5.41, 5.74) is 0.967. The third kappa shape index (κ3) is 2.04. The minimum atomic E-state index is 0.0172. The molecule has 0 saturated heterocycles. The zero-order chi connectivity index (χ0) is 8.97. The minimum absolute atomic E-state index is 0.0172. The number of aliphatic hydroxyl groups excluding tert-OH is 2. The summed E-state index contributed by atoms with van der Waals surface area (Å²) in [6, 6.07) is 1.86. The summed E-state index contributed by atoms with van der Waals surface area (Å²) >= 11 is 1.42. The molecule has 0 radical (unpaired) electrons. The van der Waals surface area contributed by atoms with Gasteiger partial charge in [-0.1, -0.05) is 0 Å². The lowest BCUT2D eigenvalue weighted by Crippen LogP contribution is -1.89. The van der Waals surface area contributed by atoms with Crippen molar-refractivity contribution < 1.29 is 14.9 Å². The number of ether oxygens (including phenoxy) is 1. The third-order valence-corrected chi connectivity index (χ3v) is 2.69. The van der Waals surface area contributed by atoms with Crippen LogP contribution in [-0.4, -0.2) is 17.3 Å². The van der Waals surface area contributed by atoms with E-state index < -0.39 is 0 Å². The minimum Gasteiger partial charge on any atom is -0.391 e. The highest BCUT2D eigenvalue weighted by Crippen LogP contribution is 2.23. The van der Waals surface area contributed by atoms with E-state index in [2.05, 4.69) is 0 Å². The molecular weight excluding hydrogens is 176 g/mol. The van der Waals surface area contributed by atoms with Gasteiger partial charge in [0.2, 0.25) is 0 Å². The van der Waals surface area contributed by atoms with Gasteiger partial charge in [0.05, 0.1) is 19.8 Å². The van der Waals surface area contributed by atoms with E-state index >= 15 is 0 Å². The van der Waals surface area contributed by atoms with Crippen LogP contribution in [-0.2, 0) is 24.6 Å². The Balaban J connectivity index is 2.84. The van der Waals surface area contributed by atoms with Crippen LogP contribution in [0.1, 0.15) is 15.3 Å². The number of thiophene rings is 1. The van der Waals surface area contributed by atoms with Gasteiger partial charge in [0.1, 0.15) is 0 Å². The lowest BCUT2D eigenvalue weighted by atomic mass is 10.2. The summed E-state index contributed by atoms with van der Waals surface area (Å²) in [5.74, 6) is 0. The molecule has 0 amide bonds. The molecule has 0 aliphatic heterocycles. The van der Waals surface area contributed by atoms with Gasteiger partial charge in [-0.3, -0.25) is 0 Å². The Morgan fingerprint density at radius 2 is 2.17 bits per heavy atom. The van der Waals surface area contributed by atoms with Crippen molar-refractivity contribution in [1.29, 1.82) is 0 Å². The average molecular weight is 188 g/mol. The van der Waals surface area contributed by atoms with Gasteiger partial charge >= 0.3 is 0 Å². The monoisotopic (exact) mass is 188 g/mol. The second-order valence-corrected chi connectivity index (χ2v) is 3.63. The van der Waals surface area contributed by atoms with Crippen LogP contribution in [0.3, 0.4) is 0 Å². The largest absolute Gasteiger partial charge is 0.391 e. The molecule has 0 atom stereocenters. The number of rotatable bonds is 4.